The van der Waals surface area contributed by atoms with Crippen molar-refractivity contribution in [1.29, 1.82) is 0 Å². The molecular formula is C17H17N5O2S2. The van der Waals surface area contributed by atoms with Gasteiger partial charge in [0.05, 0.1) is 10.9 Å². The molecule has 0 saturated carbocycles. The lowest BCUT2D eigenvalue weighted by molar-refractivity contribution is -0.115. The molecule has 0 aliphatic carbocycles. The number of hydrogen-bond acceptors (Lipinski definition) is 7. The predicted molar refractivity (Wildman–Crippen MR) is 104 cm³/mol. The number of aromatic amines is 1. The molecule has 0 aliphatic heterocycles. The molecule has 0 spiro atoms. The first-order valence-corrected chi connectivity index (χ1v) is 9.71. The second-order valence-electron chi connectivity index (χ2n) is 5.41. The zero-order chi connectivity index (χ0) is 18.5. The monoisotopic (exact) mass is 387 g/mol. The van der Waals surface area contributed by atoms with Crippen LogP contribution in [0.3, 0.4) is 0 Å². The standard InChI is InChI=1S/C17H17N5O2S2/c1-3-14-21-22-17(26-14)20-15(24)10(2)25-16-18-12(9-13(23)19-16)11-7-5-4-6-8-11/h4-10H,3H2,1-2H3,(H,18,19,23)(H,20,22,24)/t10-/m0/s1. The summed E-state index contributed by atoms with van der Waals surface area (Å²) in [6.45, 7) is 3.73. The summed E-state index contributed by atoms with van der Waals surface area (Å²) < 4.78 is 0. The number of rotatable bonds is 6. The summed E-state index contributed by atoms with van der Waals surface area (Å²) in [5.74, 6) is -0.221. The first kappa shape index (κ1) is 18.3. The van der Waals surface area contributed by atoms with Gasteiger partial charge in [0, 0.05) is 11.6 Å². The van der Waals surface area contributed by atoms with E-state index in [9.17, 15) is 9.59 Å². The van der Waals surface area contributed by atoms with Crippen LogP contribution < -0.4 is 10.9 Å². The number of amides is 1. The molecule has 9 heteroatoms. The summed E-state index contributed by atoms with van der Waals surface area (Å²) in [6.07, 6.45) is 0.773. The first-order chi connectivity index (χ1) is 12.5. The van der Waals surface area contributed by atoms with Gasteiger partial charge < -0.3 is 4.98 Å². The lowest BCUT2D eigenvalue weighted by Crippen LogP contribution is -2.23. The summed E-state index contributed by atoms with van der Waals surface area (Å²) >= 11 is 2.53. The maximum absolute atomic E-state index is 12.3. The van der Waals surface area contributed by atoms with E-state index in [0.29, 0.717) is 16.0 Å². The Labute approximate surface area is 158 Å². The molecule has 0 saturated heterocycles. The van der Waals surface area contributed by atoms with Crippen molar-refractivity contribution in [3.05, 3.63) is 51.8 Å². The molecule has 26 heavy (non-hydrogen) atoms. The molecular weight excluding hydrogens is 370 g/mol. The molecule has 2 heterocycles. The van der Waals surface area contributed by atoms with E-state index in [2.05, 4.69) is 25.5 Å². The second-order valence-corrected chi connectivity index (χ2v) is 7.80. The molecule has 134 valence electrons. The third-order valence-electron chi connectivity index (χ3n) is 3.45. The van der Waals surface area contributed by atoms with E-state index in [1.807, 2.05) is 37.3 Å². The third kappa shape index (κ3) is 4.55. The molecule has 7 nitrogen and oxygen atoms in total. The zero-order valence-corrected chi connectivity index (χ0v) is 15.9. The Balaban J connectivity index is 1.72. The number of nitrogens with one attached hydrogen (secondary N) is 2. The van der Waals surface area contributed by atoms with Crippen LogP contribution in [0, 0.1) is 0 Å². The summed E-state index contributed by atoms with van der Waals surface area (Å²) in [6, 6.07) is 10.9. The van der Waals surface area contributed by atoms with E-state index >= 15 is 0 Å². The normalized spacial score (nSPS) is 11.9. The average Bonchev–Trinajstić information content (AvgIpc) is 3.09. The minimum absolute atomic E-state index is 0.221. The van der Waals surface area contributed by atoms with Crippen LogP contribution in [0.1, 0.15) is 18.9 Å². The number of aryl methyl sites for hydroxylation is 1. The molecule has 3 aromatic rings. The third-order valence-corrected chi connectivity index (χ3v) is 5.41. The molecule has 3 rings (SSSR count). The number of carbonyl (C=O) groups is 1. The van der Waals surface area contributed by atoms with Crippen LogP contribution >= 0.6 is 23.1 Å². The highest BCUT2D eigenvalue weighted by atomic mass is 32.2. The van der Waals surface area contributed by atoms with Crippen LogP contribution in [0.15, 0.2) is 46.3 Å². The highest BCUT2D eigenvalue weighted by Gasteiger charge is 2.18. The van der Waals surface area contributed by atoms with Crippen molar-refractivity contribution in [2.24, 2.45) is 0 Å². The number of anilines is 1. The van der Waals surface area contributed by atoms with Gasteiger partial charge in [0.15, 0.2) is 5.16 Å². The van der Waals surface area contributed by atoms with Crippen LogP contribution in [0.25, 0.3) is 11.3 Å². The van der Waals surface area contributed by atoms with E-state index in [4.69, 9.17) is 0 Å². The highest BCUT2D eigenvalue weighted by molar-refractivity contribution is 8.00. The smallest absolute Gasteiger partial charge is 0.252 e. The second kappa shape index (κ2) is 8.24. The van der Waals surface area contributed by atoms with Gasteiger partial charge in [-0.25, -0.2) is 4.98 Å². The molecule has 0 radical (unpaired) electrons. The van der Waals surface area contributed by atoms with Crippen molar-refractivity contribution >= 4 is 34.1 Å². The fraction of sp³-hybridized carbons (Fsp3) is 0.235. The summed E-state index contributed by atoms with van der Waals surface area (Å²) in [5.41, 5.74) is 1.16. The van der Waals surface area contributed by atoms with Gasteiger partial charge in [-0.1, -0.05) is 60.4 Å². The van der Waals surface area contributed by atoms with Crippen LogP contribution in [0.4, 0.5) is 5.13 Å². The van der Waals surface area contributed by atoms with E-state index in [0.717, 1.165) is 17.0 Å². The number of hydrogen-bond donors (Lipinski definition) is 2. The largest absolute Gasteiger partial charge is 0.301 e. The molecule has 1 atom stereocenters. The molecule has 1 amide bonds. The number of H-pyrrole nitrogens is 1. The fourth-order valence-electron chi connectivity index (χ4n) is 2.12. The number of benzene rings is 1. The van der Waals surface area contributed by atoms with Crippen molar-refractivity contribution in [2.45, 2.75) is 30.7 Å². The van der Waals surface area contributed by atoms with Crippen LogP contribution in [-0.2, 0) is 11.2 Å². The lowest BCUT2D eigenvalue weighted by atomic mass is 10.1. The zero-order valence-electron chi connectivity index (χ0n) is 14.2. The van der Waals surface area contributed by atoms with Gasteiger partial charge in [-0.15, -0.1) is 10.2 Å². The highest BCUT2D eigenvalue weighted by Crippen LogP contribution is 2.23. The number of thioether (sulfide) groups is 1. The topological polar surface area (TPSA) is 101 Å². The van der Waals surface area contributed by atoms with E-state index in [-0.39, 0.29) is 11.5 Å². The van der Waals surface area contributed by atoms with Gasteiger partial charge in [-0.05, 0) is 13.3 Å². The molecule has 0 fully saturated rings. The summed E-state index contributed by atoms with van der Waals surface area (Å²) in [7, 11) is 0. The van der Waals surface area contributed by atoms with Gasteiger partial charge in [0.25, 0.3) is 5.56 Å². The maximum Gasteiger partial charge on any atom is 0.252 e. The molecule has 0 bridgehead atoms. The number of nitrogens with zero attached hydrogens (tertiary/aromatic N) is 3. The fourth-order valence-corrected chi connectivity index (χ4v) is 3.62. The minimum Gasteiger partial charge on any atom is -0.301 e. The van der Waals surface area contributed by atoms with Gasteiger partial charge in [0.1, 0.15) is 5.01 Å². The quantitative estimate of drug-likeness (QED) is 0.498. The Morgan fingerprint density at radius 3 is 2.77 bits per heavy atom. The van der Waals surface area contributed by atoms with Gasteiger partial charge in [0.2, 0.25) is 11.0 Å². The minimum atomic E-state index is -0.460. The van der Waals surface area contributed by atoms with E-state index < -0.39 is 5.25 Å². The maximum atomic E-state index is 12.3. The van der Waals surface area contributed by atoms with Gasteiger partial charge in [-0.2, -0.15) is 0 Å². The summed E-state index contributed by atoms with van der Waals surface area (Å²) in [5, 5.41) is 11.9. The van der Waals surface area contributed by atoms with E-state index in [1.54, 1.807) is 6.92 Å². The molecule has 2 N–H and O–H groups in total. The van der Waals surface area contributed by atoms with Crippen molar-refractivity contribution in [3.63, 3.8) is 0 Å². The predicted octanol–water partition coefficient (Wildman–Crippen LogP) is 2.97. The van der Waals surface area contributed by atoms with Crippen LogP contribution in [-0.4, -0.2) is 31.3 Å². The SMILES string of the molecule is CCc1nnc(NC(=O)[C@H](C)Sc2nc(-c3ccccc3)cc(=O)[nH]2)s1. The van der Waals surface area contributed by atoms with Crippen molar-refractivity contribution in [1.82, 2.24) is 20.2 Å². The van der Waals surface area contributed by atoms with Crippen LogP contribution in [0.2, 0.25) is 0 Å². The van der Waals surface area contributed by atoms with Crippen LogP contribution in [0.5, 0.6) is 0 Å². The average molecular weight is 387 g/mol. The lowest BCUT2D eigenvalue weighted by Gasteiger charge is -2.10. The van der Waals surface area contributed by atoms with Crippen molar-refractivity contribution in [3.8, 4) is 11.3 Å². The molecule has 2 aromatic heterocycles. The van der Waals surface area contributed by atoms with Gasteiger partial charge >= 0.3 is 0 Å². The Kier molecular flexibility index (Phi) is 5.79. The number of aromatic nitrogens is 4. The summed E-state index contributed by atoms with van der Waals surface area (Å²) in [4.78, 5) is 31.4. The number of carbonyl (C=O) groups excluding carboxylic acids is 1. The molecule has 0 unspecified atom stereocenters. The van der Waals surface area contributed by atoms with E-state index in [1.165, 1.54) is 29.2 Å². The first-order valence-electron chi connectivity index (χ1n) is 8.02. The van der Waals surface area contributed by atoms with Crippen molar-refractivity contribution < 1.29 is 4.79 Å². The Bertz CT molecular complexity index is 955. The van der Waals surface area contributed by atoms with Crippen molar-refractivity contribution in [2.75, 3.05) is 5.32 Å². The Hall–Kier alpha value is -2.52. The molecule has 0 aliphatic rings. The van der Waals surface area contributed by atoms with Gasteiger partial charge in [-0.3, -0.25) is 14.9 Å². The molecule has 1 aromatic carbocycles. The Morgan fingerprint density at radius 1 is 1.31 bits per heavy atom. The Morgan fingerprint density at radius 2 is 2.08 bits per heavy atom.